The van der Waals surface area contributed by atoms with Gasteiger partial charge < -0.3 is 0 Å². The van der Waals surface area contributed by atoms with Crippen molar-refractivity contribution >= 4 is 43.4 Å². The SMILES string of the molecule is Cc1ccc(Br)cc1-c1nsc(-c2ccc(Br)cc2C)n1. The molecule has 3 rings (SSSR count). The Morgan fingerprint density at radius 3 is 2.33 bits per heavy atom. The molecule has 0 saturated heterocycles. The van der Waals surface area contributed by atoms with Crippen LogP contribution in [-0.4, -0.2) is 9.36 Å². The number of halogens is 2. The van der Waals surface area contributed by atoms with Crippen molar-refractivity contribution in [2.45, 2.75) is 13.8 Å². The molecule has 1 aromatic heterocycles. The van der Waals surface area contributed by atoms with Gasteiger partial charge in [0.25, 0.3) is 0 Å². The maximum Gasteiger partial charge on any atom is 0.173 e. The first kappa shape index (κ1) is 14.9. The van der Waals surface area contributed by atoms with Crippen molar-refractivity contribution in [1.29, 1.82) is 0 Å². The summed E-state index contributed by atoms with van der Waals surface area (Å²) in [7, 11) is 0. The summed E-state index contributed by atoms with van der Waals surface area (Å²) in [5.74, 6) is 0.788. The van der Waals surface area contributed by atoms with Gasteiger partial charge in [-0.3, -0.25) is 0 Å². The van der Waals surface area contributed by atoms with E-state index in [1.54, 1.807) is 0 Å². The van der Waals surface area contributed by atoms with Gasteiger partial charge in [-0.1, -0.05) is 44.0 Å². The van der Waals surface area contributed by atoms with E-state index in [1.165, 1.54) is 22.7 Å². The average molecular weight is 424 g/mol. The maximum atomic E-state index is 4.71. The zero-order valence-electron chi connectivity index (χ0n) is 11.5. The number of rotatable bonds is 2. The Labute approximate surface area is 144 Å². The van der Waals surface area contributed by atoms with E-state index < -0.39 is 0 Å². The van der Waals surface area contributed by atoms with Crippen molar-refractivity contribution in [3.05, 3.63) is 56.5 Å². The lowest BCUT2D eigenvalue weighted by Crippen LogP contribution is -1.87. The van der Waals surface area contributed by atoms with E-state index in [1.807, 2.05) is 12.1 Å². The Kier molecular flexibility index (Phi) is 4.24. The third kappa shape index (κ3) is 3.10. The average Bonchev–Trinajstić information content (AvgIpc) is 2.91. The van der Waals surface area contributed by atoms with Crippen LogP contribution in [0.5, 0.6) is 0 Å². The highest BCUT2D eigenvalue weighted by atomic mass is 79.9. The van der Waals surface area contributed by atoms with E-state index in [0.29, 0.717) is 0 Å². The highest BCUT2D eigenvalue weighted by Crippen LogP contribution is 2.31. The topological polar surface area (TPSA) is 25.8 Å². The lowest BCUT2D eigenvalue weighted by atomic mass is 10.1. The lowest BCUT2D eigenvalue weighted by Gasteiger charge is -2.03. The second-order valence-electron chi connectivity index (χ2n) is 4.84. The van der Waals surface area contributed by atoms with Gasteiger partial charge in [0, 0.05) is 20.1 Å². The molecular weight excluding hydrogens is 412 g/mol. The number of aryl methyl sites for hydroxylation is 2. The Bertz CT molecular complexity index is 812. The minimum atomic E-state index is 0.788. The second-order valence-corrected chi connectivity index (χ2v) is 7.42. The molecule has 0 aliphatic heterocycles. The zero-order valence-corrected chi connectivity index (χ0v) is 15.5. The smallest absolute Gasteiger partial charge is 0.173 e. The van der Waals surface area contributed by atoms with Gasteiger partial charge in [-0.25, -0.2) is 4.98 Å². The molecule has 0 atom stereocenters. The summed E-state index contributed by atoms with van der Waals surface area (Å²) in [6.07, 6.45) is 0. The summed E-state index contributed by atoms with van der Waals surface area (Å²) >= 11 is 8.44. The summed E-state index contributed by atoms with van der Waals surface area (Å²) in [6.45, 7) is 4.17. The second kappa shape index (κ2) is 5.99. The summed E-state index contributed by atoms with van der Waals surface area (Å²) < 4.78 is 6.65. The molecule has 0 saturated carbocycles. The fourth-order valence-electron chi connectivity index (χ4n) is 2.14. The molecule has 0 aliphatic carbocycles. The Morgan fingerprint density at radius 1 is 0.857 bits per heavy atom. The quantitative estimate of drug-likeness (QED) is 0.504. The first-order chi connectivity index (χ1) is 10.0. The van der Waals surface area contributed by atoms with Gasteiger partial charge in [-0.15, -0.1) is 0 Å². The molecule has 0 fully saturated rings. The maximum absolute atomic E-state index is 4.71. The van der Waals surface area contributed by atoms with E-state index >= 15 is 0 Å². The summed E-state index contributed by atoms with van der Waals surface area (Å²) in [5.41, 5.74) is 4.57. The molecule has 0 bridgehead atoms. The highest BCUT2D eigenvalue weighted by Gasteiger charge is 2.12. The van der Waals surface area contributed by atoms with E-state index in [0.717, 1.165) is 30.9 Å². The van der Waals surface area contributed by atoms with Gasteiger partial charge in [0.1, 0.15) is 5.01 Å². The number of hydrogen-bond acceptors (Lipinski definition) is 3. The van der Waals surface area contributed by atoms with Crippen molar-refractivity contribution in [1.82, 2.24) is 9.36 Å². The molecule has 0 unspecified atom stereocenters. The number of benzene rings is 2. The summed E-state index contributed by atoms with van der Waals surface area (Å²) in [6, 6.07) is 12.4. The largest absolute Gasteiger partial charge is 0.215 e. The van der Waals surface area contributed by atoms with Gasteiger partial charge in [0.05, 0.1) is 0 Å². The van der Waals surface area contributed by atoms with Crippen LogP contribution in [0.25, 0.3) is 22.0 Å². The molecule has 0 radical (unpaired) electrons. The van der Waals surface area contributed by atoms with Gasteiger partial charge in [-0.05, 0) is 60.8 Å². The fraction of sp³-hybridized carbons (Fsp3) is 0.125. The van der Waals surface area contributed by atoms with Crippen LogP contribution in [-0.2, 0) is 0 Å². The van der Waals surface area contributed by atoms with E-state index in [-0.39, 0.29) is 0 Å². The molecule has 106 valence electrons. The predicted octanol–water partition coefficient (Wildman–Crippen LogP) is 6.01. The Hall–Kier alpha value is -1.04. The van der Waals surface area contributed by atoms with Crippen LogP contribution in [0.1, 0.15) is 11.1 Å². The van der Waals surface area contributed by atoms with Crippen molar-refractivity contribution < 1.29 is 0 Å². The predicted molar refractivity (Wildman–Crippen MR) is 95.7 cm³/mol. The molecule has 2 nitrogen and oxygen atoms in total. The molecule has 5 heteroatoms. The Morgan fingerprint density at radius 2 is 1.57 bits per heavy atom. The number of aromatic nitrogens is 2. The molecule has 0 spiro atoms. The molecule has 0 aliphatic rings. The van der Waals surface area contributed by atoms with Crippen LogP contribution in [0.2, 0.25) is 0 Å². The van der Waals surface area contributed by atoms with Gasteiger partial charge in [-0.2, -0.15) is 4.37 Å². The fourth-order valence-corrected chi connectivity index (χ4v) is 3.75. The van der Waals surface area contributed by atoms with Crippen molar-refractivity contribution in [3.8, 4) is 22.0 Å². The zero-order chi connectivity index (χ0) is 15.0. The van der Waals surface area contributed by atoms with Gasteiger partial charge in [0.15, 0.2) is 5.82 Å². The van der Waals surface area contributed by atoms with Crippen LogP contribution in [0.3, 0.4) is 0 Å². The van der Waals surface area contributed by atoms with Crippen molar-refractivity contribution in [2.24, 2.45) is 0 Å². The van der Waals surface area contributed by atoms with Crippen LogP contribution in [0.4, 0.5) is 0 Å². The normalized spacial score (nSPS) is 10.9. The first-order valence-electron chi connectivity index (χ1n) is 6.41. The molecule has 1 heterocycles. The summed E-state index contributed by atoms with van der Waals surface area (Å²) in [4.78, 5) is 4.71. The summed E-state index contributed by atoms with van der Waals surface area (Å²) in [5, 5.41) is 0.953. The third-order valence-corrected chi connectivity index (χ3v) is 5.02. The van der Waals surface area contributed by atoms with Gasteiger partial charge >= 0.3 is 0 Å². The molecular formula is C16H12Br2N2S. The molecule has 2 aromatic carbocycles. The molecule has 21 heavy (non-hydrogen) atoms. The number of hydrogen-bond donors (Lipinski definition) is 0. The van der Waals surface area contributed by atoms with Crippen molar-refractivity contribution in [2.75, 3.05) is 0 Å². The molecule has 0 N–H and O–H groups in total. The van der Waals surface area contributed by atoms with Crippen LogP contribution in [0.15, 0.2) is 45.3 Å². The van der Waals surface area contributed by atoms with E-state index in [9.17, 15) is 0 Å². The lowest BCUT2D eigenvalue weighted by molar-refractivity contribution is 1.29. The van der Waals surface area contributed by atoms with Crippen LogP contribution in [0, 0.1) is 13.8 Å². The monoisotopic (exact) mass is 422 g/mol. The number of nitrogens with zero attached hydrogens (tertiary/aromatic N) is 2. The minimum absolute atomic E-state index is 0.788. The minimum Gasteiger partial charge on any atom is -0.215 e. The first-order valence-corrected chi connectivity index (χ1v) is 8.77. The van der Waals surface area contributed by atoms with Crippen LogP contribution < -0.4 is 0 Å². The van der Waals surface area contributed by atoms with Crippen LogP contribution >= 0.6 is 43.4 Å². The third-order valence-electron chi connectivity index (χ3n) is 3.29. The molecule has 0 amide bonds. The van der Waals surface area contributed by atoms with E-state index in [2.05, 4.69) is 74.3 Å². The Balaban J connectivity index is 2.06. The van der Waals surface area contributed by atoms with E-state index in [4.69, 9.17) is 4.98 Å². The standard InChI is InChI=1S/C16H12Br2N2S/c1-9-3-4-12(18)8-14(9)15-19-16(21-20-15)13-6-5-11(17)7-10(13)2/h3-8H,1-2H3. The van der Waals surface area contributed by atoms with Gasteiger partial charge in [0.2, 0.25) is 0 Å². The molecule has 3 aromatic rings. The highest BCUT2D eigenvalue weighted by molar-refractivity contribution is 9.10. The van der Waals surface area contributed by atoms with Crippen molar-refractivity contribution in [3.63, 3.8) is 0 Å².